The molecule has 2 heterocycles. The fourth-order valence-electron chi connectivity index (χ4n) is 3.95. The number of fused-ring (bicyclic) bond motifs is 2. The summed E-state index contributed by atoms with van der Waals surface area (Å²) in [7, 11) is 0. The summed E-state index contributed by atoms with van der Waals surface area (Å²) in [5, 5.41) is 3.59. The molecule has 0 bridgehead atoms. The molecule has 26 heavy (non-hydrogen) atoms. The molecule has 0 fully saturated rings. The third-order valence-electron chi connectivity index (χ3n) is 5.45. The lowest BCUT2D eigenvalue weighted by Gasteiger charge is -2.18. The molecule has 5 heteroatoms. The van der Waals surface area contributed by atoms with Crippen LogP contribution < -0.4 is 10.9 Å². The Morgan fingerprint density at radius 1 is 1.15 bits per heavy atom. The SMILES string of the molecule is O=C(NCCC1=CCCCC1)c1ccc2c(=O)n3c(nc2c1)CCCC3. The Kier molecular flexibility index (Phi) is 4.87. The molecule has 1 amide bonds. The minimum absolute atomic E-state index is 0.0147. The predicted octanol–water partition coefficient (Wildman–Crippen LogP) is 3.35. The van der Waals surface area contributed by atoms with Gasteiger partial charge in [-0.1, -0.05) is 11.6 Å². The molecule has 136 valence electrons. The predicted molar refractivity (Wildman–Crippen MR) is 102 cm³/mol. The van der Waals surface area contributed by atoms with Gasteiger partial charge < -0.3 is 5.32 Å². The number of carbonyl (C=O) groups is 1. The summed E-state index contributed by atoms with van der Waals surface area (Å²) in [6.07, 6.45) is 11.0. The smallest absolute Gasteiger partial charge is 0.261 e. The average Bonchev–Trinajstić information content (AvgIpc) is 2.68. The van der Waals surface area contributed by atoms with Crippen LogP contribution in [-0.4, -0.2) is 22.0 Å². The third-order valence-corrected chi connectivity index (χ3v) is 5.45. The topological polar surface area (TPSA) is 64.0 Å². The van der Waals surface area contributed by atoms with Crippen molar-refractivity contribution >= 4 is 16.8 Å². The number of rotatable bonds is 4. The van der Waals surface area contributed by atoms with Crippen LogP contribution in [0.25, 0.3) is 10.9 Å². The van der Waals surface area contributed by atoms with Crippen LogP contribution >= 0.6 is 0 Å². The number of hydrogen-bond acceptors (Lipinski definition) is 3. The summed E-state index contributed by atoms with van der Waals surface area (Å²) in [5.74, 6) is 0.749. The van der Waals surface area contributed by atoms with E-state index in [1.807, 2.05) is 0 Å². The number of aromatic nitrogens is 2. The van der Waals surface area contributed by atoms with Crippen LogP contribution in [0.3, 0.4) is 0 Å². The Bertz CT molecular complexity index is 927. The van der Waals surface area contributed by atoms with Crippen LogP contribution in [0, 0.1) is 0 Å². The van der Waals surface area contributed by atoms with Crippen molar-refractivity contribution in [2.24, 2.45) is 0 Å². The Morgan fingerprint density at radius 3 is 2.88 bits per heavy atom. The maximum Gasteiger partial charge on any atom is 0.261 e. The van der Waals surface area contributed by atoms with Crippen LogP contribution in [0.5, 0.6) is 0 Å². The monoisotopic (exact) mass is 351 g/mol. The lowest BCUT2D eigenvalue weighted by Crippen LogP contribution is -2.29. The van der Waals surface area contributed by atoms with Crippen molar-refractivity contribution in [1.29, 1.82) is 0 Å². The van der Waals surface area contributed by atoms with Crippen molar-refractivity contribution in [3.63, 3.8) is 0 Å². The maximum absolute atomic E-state index is 12.6. The molecule has 1 aliphatic heterocycles. The fourth-order valence-corrected chi connectivity index (χ4v) is 3.95. The summed E-state index contributed by atoms with van der Waals surface area (Å²) in [4.78, 5) is 29.7. The summed E-state index contributed by atoms with van der Waals surface area (Å²) >= 11 is 0. The van der Waals surface area contributed by atoms with E-state index >= 15 is 0 Å². The minimum Gasteiger partial charge on any atom is -0.352 e. The number of carbonyl (C=O) groups excluding carboxylic acids is 1. The number of amides is 1. The molecule has 2 aliphatic rings. The van der Waals surface area contributed by atoms with Crippen LogP contribution in [0.4, 0.5) is 0 Å². The van der Waals surface area contributed by atoms with Gasteiger partial charge in [0.2, 0.25) is 0 Å². The molecule has 5 nitrogen and oxygen atoms in total. The Hall–Kier alpha value is -2.43. The number of aryl methyl sites for hydroxylation is 1. The number of allylic oxidation sites excluding steroid dienone is 1. The summed E-state index contributed by atoms with van der Waals surface area (Å²) in [5.41, 5.74) is 2.67. The Labute approximate surface area is 153 Å². The number of benzene rings is 1. The molecule has 2 aromatic rings. The van der Waals surface area contributed by atoms with Crippen molar-refractivity contribution in [3.8, 4) is 0 Å². The van der Waals surface area contributed by atoms with E-state index in [9.17, 15) is 9.59 Å². The Morgan fingerprint density at radius 2 is 2.04 bits per heavy atom. The molecule has 0 saturated heterocycles. The van der Waals surface area contributed by atoms with Crippen molar-refractivity contribution in [2.75, 3.05) is 6.54 Å². The summed E-state index contributed by atoms with van der Waals surface area (Å²) in [6.45, 7) is 1.40. The molecular formula is C21H25N3O2. The van der Waals surface area contributed by atoms with Crippen molar-refractivity contribution < 1.29 is 4.79 Å². The summed E-state index contributed by atoms with van der Waals surface area (Å²) in [6, 6.07) is 5.23. The van der Waals surface area contributed by atoms with Gasteiger partial charge >= 0.3 is 0 Å². The zero-order chi connectivity index (χ0) is 17.9. The van der Waals surface area contributed by atoms with Gasteiger partial charge in [-0.3, -0.25) is 14.2 Å². The van der Waals surface area contributed by atoms with E-state index in [2.05, 4.69) is 16.4 Å². The first-order chi connectivity index (χ1) is 12.7. The minimum atomic E-state index is -0.0945. The van der Waals surface area contributed by atoms with Gasteiger partial charge in [0.1, 0.15) is 5.82 Å². The van der Waals surface area contributed by atoms with E-state index in [0.717, 1.165) is 44.5 Å². The molecule has 4 rings (SSSR count). The second kappa shape index (κ2) is 7.44. The van der Waals surface area contributed by atoms with Gasteiger partial charge in [0.15, 0.2) is 0 Å². The first kappa shape index (κ1) is 17.0. The number of nitrogens with zero attached hydrogens (tertiary/aromatic N) is 2. The largest absolute Gasteiger partial charge is 0.352 e. The highest BCUT2D eigenvalue weighted by Gasteiger charge is 2.16. The van der Waals surface area contributed by atoms with E-state index in [-0.39, 0.29) is 11.5 Å². The van der Waals surface area contributed by atoms with Crippen molar-refractivity contribution in [2.45, 2.75) is 57.9 Å². The van der Waals surface area contributed by atoms with Crippen LogP contribution in [0.1, 0.15) is 61.1 Å². The van der Waals surface area contributed by atoms with Crippen molar-refractivity contribution in [3.05, 3.63) is 51.6 Å². The molecular weight excluding hydrogens is 326 g/mol. The van der Waals surface area contributed by atoms with E-state index < -0.39 is 0 Å². The quantitative estimate of drug-likeness (QED) is 0.859. The van der Waals surface area contributed by atoms with Gasteiger partial charge in [-0.05, 0) is 63.1 Å². The Balaban J connectivity index is 1.50. The van der Waals surface area contributed by atoms with Crippen LogP contribution in [-0.2, 0) is 13.0 Å². The zero-order valence-electron chi connectivity index (χ0n) is 15.1. The maximum atomic E-state index is 12.6. The number of nitrogens with one attached hydrogen (secondary N) is 1. The van der Waals surface area contributed by atoms with Crippen molar-refractivity contribution in [1.82, 2.24) is 14.9 Å². The van der Waals surface area contributed by atoms with Crippen LogP contribution in [0.15, 0.2) is 34.6 Å². The zero-order valence-corrected chi connectivity index (χ0v) is 15.1. The van der Waals surface area contributed by atoms with E-state index in [0.29, 0.717) is 23.0 Å². The second-order valence-corrected chi connectivity index (χ2v) is 7.29. The molecule has 0 unspecified atom stereocenters. The van der Waals surface area contributed by atoms with Gasteiger partial charge in [0, 0.05) is 25.1 Å². The fraction of sp³-hybridized carbons (Fsp3) is 0.476. The molecule has 0 atom stereocenters. The average molecular weight is 351 g/mol. The van der Waals surface area contributed by atoms with Gasteiger partial charge in [0.25, 0.3) is 11.5 Å². The highest BCUT2D eigenvalue weighted by molar-refractivity contribution is 5.97. The molecule has 1 N–H and O–H groups in total. The molecule has 1 aromatic carbocycles. The highest BCUT2D eigenvalue weighted by atomic mass is 16.1. The molecule has 0 saturated carbocycles. The lowest BCUT2D eigenvalue weighted by molar-refractivity contribution is 0.0954. The van der Waals surface area contributed by atoms with E-state index in [4.69, 9.17) is 0 Å². The van der Waals surface area contributed by atoms with Gasteiger partial charge in [-0.25, -0.2) is 4.98 Å². The van der Waals surface area contributed by atoms with E-state index in [1.165, 1.54) is 24.8 Å². The van der Waals surface area contributed by atoms with Gasteiger partial charge in [-0.15, -0.1) is 0 Å². The molecule has 0 spiro atoms. The second-order valence-electron chi connectivity index (χ2n) is 7.29. The lowest BCUT2D eigenvalue weighted by atomic mass is 9.97. The third kappa shape index (κ3) is 3.43. The van der Waals surface area contributed by atoms with E-state index in [1.54, 1.807) is 22.8 Å². The highest BCUT2D eigenvalue weighted by Crippen LogP contribution is 2.20. The van der Waals surface area contributed by atoms with Gasteiger partial charge in [-0.2, -0.15) is 0 Å². The van der Waals surface area contributed by atoms with Gasteiger partial charge in [0.05, 0.1) is 10.9 Å². The number of hydrogen-bond donors (Lipinski definition) is 1. The normalized spacial score (nSPS) is 16.8. The standard InChI is InChI=1S/C21H25N3O2/c25-20(22-12-11-15-6-2-1-3-7-15)16-9-10-17-18(14-16)23-19-8-4-5-13-24(19)21(17)26/h6,9-10,14H,1-5,7-8,11-13H2,(H,22,25). The first-order valence-electron chi connectivity index (χ1n) is 9.72. The molecule has 1 aliphatic carbocycles. The molecule has 0 radical (unpaired) electrons. The first-order valence-corrected chi connectivity index (χ1v) is 9.72. The van der Waals surface area contributed by atoms with Crippen LogP contribution in [0.2, 0.25) is 0 Å². The molecule has 1 aromatic heterocycles. The summed E-state index contributed by atoms with van der Waals surface area (Å²) < 4.78 is 1.78.